The van der Waals surface area contributed by atoms with Crippen molar-refractivity contribution < 1.29 is 4.79 Å². The topological polar surface area (TPSA) is 46.3 Å². The van der Waals surface area contributed by atoms with E-state index < -0.39 is 0 Å². The summed E-state index contributed by atoms with van der Waals surface area (Å²) in [5, 5.41) is 0. The van der Waals surface area contributed by atoms with Gasteiger partial charge in [-0.1, -0.05) is 6.07 Å². The maximum absolute atomic E-state index is 12.6. The summed E-state index contributed by atoms with van der Waals surface area (Å²) < 4.78 is 0. The third kappa shape index (κ3) is 2.35. The van der Waals surface area contributed by atoms with Crippen molar-refractivity contribution in [3.63, 3.8) is 0 Å². The first-order chi connectivity index (χ1) is 8.50. The molecular weight excluding hydrogens is 224 g/mol. The zero-order chi connectivity index (χ0) is 13.3. The number of benzene rings is 1. The molecule has 1 amide bonds. The standard InChI is InChI=1S/C15H22N2O/c1-10-7-8-13(9-14(10)16)15(18)17-11(2)5-4-6-12(17)3/h7-9,11-12H,4-6,16H2,1-3H3. The van der Waals surface area contributed by atoms with Crippen molar-refractivity contribution >= 4 is 11.6 Å². The van der Waals surface area contributed by atoms with Crippen LogP contribution in [-0.4, -0.2) is 22.9 Å². The summed E-state index contributed by atoms with van der Waals surface area (Å²) >= 11 is 0. The van der Waals surface area contributed by atoms with Gasteiger partial charge in [0.15, 0.2) is 0 Å². The fourth-order valence-corrected chi connectivity index (χ4v) is 2.74. The van der Waals surface area contributed by atoms with E-state index in [0.717, 1.165) is 18.4 Å². The van der Waals surface area contributed by atoms with E-state index in [1.54, 1.807) is 6.07 Å². The molecule has 0 aliphatic carbocycles. The number of nitrogen functional groups attached to an aromatic ring is 1. The smallest absolute Gasteiger partial charge is 0.254 e. The maximum atomic E-state index is 12.6. The molecule has 2 atom stereocenters. The monoisotopic (exact) mass is 246 g/mol. The molecule has 0 spiro atoms. The van der Waals surface area contributed by atoms with Crippen molar-refractivity contribution in [2.75, 3.05) is 5.73 Å². The largest absolute Gasteiger partial charge is 0.398 e. The quantitative estimate of drug-likeness (QED) is 0.774. The van der Waals surface area contributed by atoms with Gasteiger partial charge < -0.3 is 10.6 Å². The number of likely N-dealkylation sites (tertiary alicyclic amines) is 1. The average Bonchev–Trinajstić information content (AvgIpc) is 2.32. The van der Waals surface area contributed by atoms with Gasteiger partial charge in [-0.05, 0) is 57.7 Å². The van der Waals surface area contributed by atoms with Gasteiger partial charge in [-0.2, -0.15) is 0 Å². The lowest BCUT2D eigenvalue weighted by Gasteiger charge is -2.39. The van der Waals surface area contributed by atoms with Crippen LogP contribution in [0.15, 0.2) is 18.2 Å². The molecule has 1 aliphatic heterocycles. The number of aryl methyl sites for hydroxylation is 1. The van der Waals surface area contributed by atoms with E-state index in [1.165, 1.54) is 6.42 Å². The van der Waals surface area contributed by atoms with Gasteiger partial charge in [-0.25, -0.2) is 0 Å². The Bertz CT molecular complexity index is 446. The predicted octanol–water partition coefficient (Wildman–Crippen LogP) is 2.98. The summed E-state index contributed by atoms with van der Waals surface area (Å²) in [6, 6.07) is 6.24. The van der Waals surface area contributed by atoms with E-state index in [-0.39, 0.29) is 5.91 Å². The fourth-order valence-electron chi connectivity index (χ4n) is 2.74. The molecule has 1 fully saturated rings. The van der Waals surface area contributed by atoms with E-state index in [0.29, 0.717) is 23.3 Å². The molecule has 18 heavy (non-hydrogen) atoms. The van der Waals surface area contributed by atoms with Gasteiger partial charge in [0.25, 0.3) is 5.91 Å². The van der Waals surface area contributed by atoms with Gasteiger partial charge in [0.05, 0.1) is 0 Å². The van der Waals surface area contributed by atoms with Crippen LogP contribution in [0.5, 0.6) is 0 Å². The SMILES string of the molecule is Cc1ccc(C(=O)N2C(C)CCCC2C)cc1N. The third-order valence-corrected chi connectivity index (χ3v) is 3.95. The highest BCUT2D eigenvalue weighted by molar-refractivity contribution is 5.95. The Kier molecular flexibility index (Phi) is 3.60. The number of nitrogens with zero attached hydrogens (tertiary/aromatic N) is 1. The van der Waals surface area contributed by atoms with Gasteiger partial charge in [-0.15, -0.1) is 0 Å². The lowest BCUT2D eigenvalue weighted by molar-refractivity contribution is 0.0511. The second kappa shape index (κ2) is 5.01. The number of carbonyl (C=O) groups is 1. The normalized spacial score (nSPS) is 24.1. The number of anilines is 1. The van der Waals surface area contributed by atoms with Crippen LogP contribution >= 0.6 is 0 Å². The van der Waals surface area contributed by atoms with E-state index in [1.807, 2.05) is 24.0 Å². The maximum Gasteiger partial charge on any atom is 0.254 e. The van der Waals surface area contributed by atoms with E-state index >= 15 is 0 Å². The Balaban J connectivity index is 2.26. The molecule has 0 saturated carbocycles. The van der Waals surface area contributed by atoms with Gasteiger partial charge in [0, 0.05) is 23.3 Å². The third-order valence-electron chi connectivity index (χ3n) is 3.95. The van der Waals surface area contributed by atoms with E-state index in [9.17, 15) is 4.79 Å². The number of hydrogen-bond acceptors (Lipinski definition) is 2. The van der Waals surface area contributed by atoms with Crippen molar-refractivity contribution in [1.82, 2.24) is 4.90 Å². The fraction of sp³-hybridized carbons (Fsp3) is 0.533. The highest BCUT2D eigenvalue weighted by Crippen LogP contribution is 2.25. The van der Waals surface area contributed by atoms with Gasteiger partial charge in [-0.3, -0.25) is 4.79 Å². The Morgan fingerprint density at radius 1 is 1.28 bits per heavy atom. The van der Waals surface area contributed by atoms with Gasteiger partial charge in [0.1, 0.15) is 0 Å². The molecular formula is C15H22N2O. The first kappa shape index (κ1) is 12.9. The molecule has 0 radical (unpaired) electrons. The number of amides is 1. The predicted molar refractivity (Wildman–Crippen MR) is 74.5 cm³/mol. The summed E-state index contributed by atoms with van der Waals surface area (Å²) in [6.45, 7) is 6.21. The molecule has 3 heteroatoms. The second-order valence-electron chi connectivity index (χ2n) is 5.41. The molecule has 3 nitrogen and oxygen atoms in total. The molecule has 0 bridgehead atoms. The first-order valence-electron chi connectivity index (χ1n) is 6.69. The van der Waals surface area contributed by atoms with Crippen LogP contribution in [0.1, 0.15) is 49.0 Å². The number of piperidine rings is 1. The molecule has 1 saturated heterocycles. The van der Waals surface area contributed by atoms with Crippen molar-refractivity contribution in [3.8, 4) is 0 Å². The number of rotatable bonds is 1. The Hall–Kier alpha value is -1.51. The lowest BCUT2D eigenvalue weighted by Crippen LogP contribution is -2.47. The Morgan fingerprint density at radius 3 is 2.44 bits per heavy atom. The lowest BCUT2D eigenvalue weighted by atomic mass is 9.96. The molecule has 2 N–H and O–H groups in total. The summed E-state index contributed by atoms with van der Waals surface area (Å²) in [7, 11) is 0. The minimum Gasteiger partial charge on any atom is -0.398 e. The van der Waals surface area contributed by atoms with E-state index in [2.05, 4.69) is 13.8 Å². The van der Waals surface area contributed by atoms with Crippen LogP contribution < -0.4 is 5.73 Å². The van der Waals surface area contributed by atoms with Crippen LogP contribution in [-0.2, 0) is 0 Å². The summed E-state index contributed by atoms with van der Waals surface area (Å²) in [4.78, 5) is 14.6. The van der Waals surface area contributed by atoms with Crippen molar-refractivity contribution in [2.45, 2.75) is 52.1 Å². The highest BCUT2D eigenvalue weighted by atomic mass is 16.2. The van der Waals surface area contributed by atoms with Crippen LogP contribution in [0.4, 0.5) is 5.69 Å². The molecule has 1 aromatic rings. The minimum atomic E-state index is 0.112. The second-order valence-corrected chi connectivity index (χ2v) is 5.41. The molecule has 2 rings (SSSR count). The van der Waals surface area contributed by atoms with Gasteiger partial charge >= 0.3 is 0 Å². The zero-order valence-electron chi connectivity index (χ0n) is 11.4. The summed E-state index contributed by atoms with van der Waals surface area (Å²) in [6.07, 6.45) is 3.40. The number of carbonyl (C=O) groups excluding carboxylic acids is 1. The Labute approximate surface area is 109 Å². The number of nitrogens with two attached hydrogens (primary N) is 1. The molecule has 1 aromatic carbocycles. The average molecular weight is 246 g/mol. The Morgan fingerprint density at radius 2 is 1.89 bits per heavy atom. The highest BCUT2D eigenvalue weighted by Gasteiger charge is 2.29. The molecule has 1 aliphatic rings. The molecule has 98 valence electrons. The van der Waals surface area contributed by atoms with Crippen molar-refractivity contribution in [1.29, 1.82) is 0 Å². The summed E-state index contributed by atoms with van der Waals surface area (Å²) in [5.74, 6) is 0.112. The van der Waals surface area contributed by atoms with Crippen molar-refractivity contribution in [3.05, 3.63) is 29.3 Å². The molecule has 2 unspecified atom stereocenters. The molecule has 0 aromatic heterocycles. The van der Waals surface area contributed by atoms with Crippen molar-refractivity contribution in [2.24, 2.45) is 0 Å². The minimum absolute atomic E-state index is 0.112. The molecule has 1 heterocycles. The van der Waals surface area contributed by atoms with Crippen LogP contribution in [0, 0.1) is 6.92 Å². The van der Waals surface area contributed by atoms with Crippen LogP contribution in [0.2, 0.25) is 0 Å². The van der Waals surface area contributed by atoms with Crippen LogP contribution in [0.25, 0.3) is 0 Å². The summed E-state index contributed by atoms with van der Waals surface area (Å²) in [5.41, 5.74) is 8.31. The van der Waals surface area contributed by atoms with Crippen LogP contribution in [0.3, 0.4) is 0 Å². The van der Waals surface area contributed by atoms with Gasteiger partial charge in [0.2, 0.25) is 0 Å². The number of hydrogen-bond donors (Lipinski definition) is 1. The zero-order valence-corrected chi connectivity index (χ0v) is 11.4. The first-order valence-corrected chi connectivity index (χ1v) is 6.69. The van der Waals surface area contributed by atoms with E-state index in [4.69, 9.17) is 5.73 Å².